The standard InChI is InChI=1S/C14H19N3/c1-2-13(7-8-15)17-9-3-4-11-10-12(16)5-6-14(11)17/h5-6,10,13H,2-4,7,9,16H2,1H3. The van der Waals surface area contributed by atoms with Crippen molar-refractivity contribution in [3.63, 3.8) is 0 Å². The van der Waals surface area contributed by atoms with E-state index in [1.54, 1.807) is 0 Å². The van der Waals surface area contributed by atoms with Gasteiger partial charge in [-0.15, -0.1) is 0 Å². The van der Waals surface area contributed by atoms with Gasteiger partial charge in [-0.25, -0.2) is 0 Å². The molecule has 2 N–H and O–H groups in total. The van der Waals surface area contributed by atoms with E-state index in [0.29, 0.717) is 12.5 Å². The summed E-state index contributed by atoms with van der Waals surface area (Å²) < 4.78 is 0. The van der Waals surface area contributed by atoms with Crippen molar-refractivity contribution in [3.8, 4) is 6.07 Å². The van der Waals surface area contributed by atoms with Crippen molar-refractivity contribution in [2.45, 2.75) is 38.6 Å². The number of nitriles is 1. The van der Waals surface area contributed by atoms with Crippen LogP contribution in [-0.4, -0.2) is 12.6 Å². The van der Waals surface area contributed by atoms with E-state index in [1.165, 1.54) is 11.3 Å². The van der Waals surface area contributed by atoms with Crippen LogP contribution in [0.1, 0.15) is 31.7 Å². The van der Waals surface area contributed by atoms with Gasteiger partial charge in [-0.05, 0) is 43.0 Å². The van der Waals surface area contributed by atoms with Gasteiger partial charge < -0.3 is 10.6 Å². The van der Waals surface area contributed by atoms with Gasteiger partial charge in [0, 0.05) is 24.0 Å². The highest BCUT2D eigenvalue weighted by molar-refractivity contribution is 5.61. The third-order valence-electron chi connectivity index (χ3n) is 3.50. The van der Waals surface area contributed by atoms with Gasteiger partial charge in [-0.1, -0.05) is 6.92 Å². The zero-order valence-corrected chi connectivity index (χ0v) is 10.3. The molecular weight excluding hydrogens is 210 g/mol. The molecule has 1 aromatic rings. The van der Waals surface area contributed by atoms with E-state index in [0.717, 1.165) is 31.5 Å². The third kappa shape index (κ3) is 2.36. The molecule has 0 amide bonds. The molecule has 3 heteroatoms. The number of hydrogen-bond acceptors (Lipinski definition) is 3. The molecule has 0 saturated heterocycles. The molecule has 0 bridgehead atoms. The molecule has 1 aromatic carbocycles. The van der Waals surface area contributed by atoms with Crippen molar-refractivity contribution in [3.05, 3.63) is 23.8 Å². The number of rotatable bonds is 3. The Morgan fingerprint density at radius 3 is 3.06 bits per heavy atom. The number of aryl methyl sites for hydroxylation is 1. The average molecular weight is 229 g/mol. The van der Waals surface area contributed by atoms with Crippen molar-refractivity contribution in [2.75, 3.05) is 17.2 Å². The number of anilines is 2. The number of fused-ring (bicyclic) bond motifs is 1. The second-order valence-corrected chi connectivity index (χ2v) is 4.61. The summed E-state index contributed by atoms with van der Waals surface area (Å²) >= 11 is 0. The Hall–Kier alpha value is -1.69. The molecular formula is C14H19N3. The Morgan fingerprint density at radius 1 is 1.53 bits per heavy atom. The normalized spacial score (nSPS) is 16.1. The molecule has 0 fully saturated rings. The van der Waals surface area contributed by atoms with Crippen LogP contribution in [0.2, 0.25) is 0 Å². The fourth-order valence-corrected chi connectivity index (χ4v) is 2.61. The molecule has 2 rings (SSSR count). The fourth-order valence-electron chi connectivity index (χ4n) is 2.61. The predicted molar refractivity (Wildman–Crippen MR) is 70.8 cm³/mol. The zero-order chi connectivity index (χ0) is 12.3. The second kappa shape index (κ2) is 5.09. The monoisotopic (exact) mass is 229 g/mol. The number of nitrogens with two attached hydrogens (primary N) is 1. The Balaban J connectivity index is 2.31. The number of nitrogens with zero attached hydrogens (tertiary/aromatic N) is 2. The summed E-state index contributed by atoms with van der Waals surface area (Å²) in [5, 5.41) is 8.89. The van der Waals surface area contributed by atoms with E-state index in [4.69, 9.17) is 11.0 Å². The van der Waals surface area contributed by atoms with Gasteiger partial charge in [0.1, 0.15) is 0 Å². The molecule has 3 nitrogen and oxygen atoms in total. The molecule has 0 spiro atoms. The molecule has 0 aromatic heterocycles. The first-order valence-corrected chi connectivity index (χ1v) is 6.28. The maximum atomic E-state index is 8.89. The van der Waals surface area contributed by atoms with E-state index in [9.17, 15) is 0 Å². The molecule has 1 heterocycles. The molecule has 1 aliphatic rings. The van der Waals surface area contributed by atoms with Gasteiger partial charge in [0.25, 0.3) is 0 Å². The number of benzene rings is 1. The second-order valence-electron chi connectivity index (χ2n) is 4.61. The van der Waals surface area contributed by atoms with Crippen LogP contribution in [0, 0.1) is 11.3 Å². The summed E-state index contributed by atoms with van der Waals surface area (Å²) in [6.45, 7) is 3.20. The van der Waals surface area contributed by atoms with Gasteiger partial charge in [0.05, 0.1) is 12.5 Å². The van der Waals surface area contributed by atoms with Gasteiger partial charge in [-0.2, -0.15) is 5.26 Å². The van der Waals surface area contributed by atoms with Crippen molar-refractivity contribution in [2.24, 2.45) is 0 Å². The minimum atomic E-state index is 0.336. The Bertz CT molecular complexity index is 434. The minimum absolute atomic E-state index is 0.336. The smallest absolute Gasteiger partial charge is 0.0643 e. The van der Waals surface area contributed by atoms with Crippen LogP contribution in [0.5, 0.6) is 0 Å². The van der Waals surface area contributed by atoms with E-state index in [-0.39, 0.29) is 0 Å². The van der Waals surface area contributed by atoms with E-state index in [1.807, 2.05) is 6.07 Å². The maximum absolute atomic E-state index is 8.89. The Morgan fingerprint density at radius 2 is 2.35 bits per heavy atom. The van der Waals surface area contributed by atoms with Crippen LogP contribution in [0.15, 0.2) is 18.2 Å². The van der Waals surface area contributed by atoms with Gasteiger partial charge >= 0.3 is 0 Å². The fraction of sp³-hybridized carbons (Fsp3) is 0.500. The topological polar surface area (TPSA) is 53.0 Å². The highest BCUT2D eigenvalue weighted by Crippen LogP contribution is 2.31. The molecule has 1 unspecified atom stereocenters. The molecule has 1 atom stereocenters. The van der Waals surface area contributed by atoms with Crippen molar-refractivity contribution in [1.82, 2.24) is 0 Å². The molecule has 1 aliphatic heterocycles. The van der Waals surface area contributed by atoms with Gasteiger partial charge in [0.15, 0.2) is 0 Å². The summed E-state index contributed by atoms with van der Waals surface area (Å²) in [5.41, 5.74) is 9.25. The van der Waals surface area contributed by atoms with Crippen LogP contribution >= 0.6 is 0 Å². The van der Waals surface area contributed by atoms with Crippen molar-refractivity contribution in [1.29, 1.82) is 5.26 Å². The lowest BCUT2D eigenvalue weighted by Gasteiger charge is -2.36. The van der Waals surface area contributed by atoms with E-state index >= 15 is 0 Å². The quantitative estimate of drug-likeness (QED) is 0.811. The molecule has 17 heavy (non-hydrogen) atoms. The zero-order valence-electron chi connectivity index (χ0n) is 10.3. The van der Waals surface area contributed by atoms with Gasteiger partial charge in [0.2, 0.25) is 0 Å². The first-order chi connectivity index (χ1) is 8.26. The highest BCUT2D eigenvalue weighted by Gasteiger charge is 2.22. The lowest BCUT2D eigenvalue weighted by atomic mass is 9.98. The molecule has 0 saturated carbocycles. The Labute approximate surface area is 103 Å². The predicted octanol–water partition coefficient (Wildman–Crippen LogP) is 2.71. The molecule has 90 valence electrons. The first-order valence-electron chi connectivity index (χ1n) is 6.28. The van der Waals surface area contributed by atoms with E-state index in [2.05, 4.69) is 30.0 Å². The lowest BCUT2D eigenvalue weighted by molar-refractivity contribution is 0.553. The average Bonchev–Trinajstić information content (AvgIpc) is 2.35. The largest absolute Gasteiger partial charge is 0.399 e. The summed E-state index contributed by atoms with van der Waals surface area (Å²) in [6, 6.07) is 8.75. The summed E-state index contributed by atoms with van der Waals surface area (Å²) in [6.07, 6.45) is 3.86. The number of nitrogen functional groups attached to an aromatic ring is 1. The lowest BCUT2D eigenvalue weighted by Crippen LogP contribution is -2.38. The van der Waals surface area contributed by atoms with Crippen LogP contribution in [0.3, 0.4) is 0 Å². The minimum Gasteiger partial charge on any atom is -0.399 e. The first kappa shape index (κ1) is 11.8. The number of hydrogen-bond donors (Lipinski definition) is 1. The van der Waals surface area contributed by atoms with Gasteiger partial charge in [-0.3, -0.25) is 0 Å². The van der Waals surface area contributed by atoms with Crippen LogP contribution in [-0.2, 0) is 6.42 Å². The summed E-state index contributed by atoms with van der Waals surface area (Å²) in [5.74, 6) is 0. The molecule has 0 aliphatic carbocycles. The van der Waals surface area contributed by atoms with Crippen molar-refractivity contribution < 1.29 is 0 Å². The summed E-state index contributed by atoms with van der Waals surface area (Å²) in [4.78, 5) is 2.38. The van der Waals surface area contributed by atoms with Crippen molar-refractivity contribution >= 4 is 11.4 Å². The SMILES string of the molecule is CCC(CC#N)N1CCCc2cc(N)ccc21. The van der Waals surface area contributed by atoms with E-state index < -0.39 is 0 Å². The molecule has 0 radical (unpaired) electrons. The van der Waals surface area contributed by atoms with Crippen LogP contribution < -0.4 is 10.6 Å². The Kier molecular flexibility index (Phi) is 3.53. The summed E-state index contributed by atoms with van der Waals surface area (Å²) in [7, 11) is 0. The third-order valence-corrected chi connectivity index (χ3v) is 3.50. The maximum Gasteiger partial charge on any atom is 0.0643 e. The highest BCUT2D eigenvalue weighted by atomic mass is 15.2. The van der Waals surface area contributed by atoms with Crippen LogP contribution in [0.4, 0.5) is 11.4 Å². The van der Waals surface area contributed by atoms with Crippen LogP contribution in [0.25, 0.3) is 0 Å².